The summed E-state index contributed by atoms with van der Waals surface area (Å²) in [7, 11) is 0. The van der Waals surface area contributed by atoms with Crippen molar-refractivity contribution >= 4 is 5.97 Å². The molecule has 2 aromatic rings. The van der Waals surface area contributed by atoms with Crippen molar-refractivity contribution in [3.8, 4) is 17.1 Å². The SMILES string of the molecule is CC1Cc2cc(-c3cc(COC(=O)CC4CCCC4)no3)ccc2O1. The fourth-order valence-electron chi connectivity index (χ4n) is 3.75. The third kappa shape index (κ3) is 3.70. The van der Waals surface area contributed by atoms with Crippen LogP contribution >= 0.6 is 0 Å². The maximum absolute atomic E-state index is 11.9. The summed E-state index contributed by atoms with van der Waals surface area (Å²) < 4.78 is 16.5. The van der Waals surface area contributed by atoms with Crippen molar-refractivity contribution in [1.29, 1.82) is 0 Å². The molecule has 0 N–H and O–H groups in total. The van der Waals surface area contributed by atoms with Crippen molar-refractivity contribution in [2.75, 3.05) is 0 Å². The molecular formula is C20H23NO4. The summed E-state index contributed by atoms with van der Waals surface area (Å²) in [5, 5.41) is 4.02. The summed E-state index contributed by atoms with van der Waals surface area (Å²) in [5.74, 6) is 1.98. The lowest BCUT2D eigenvalue weighted by Gasteiger charge is -2.07. The van der Waals surface area contributed by atoms with E-state index in [4.69, 9.17) is 14.0 Å². The molecular weight excluding hydrogens is 318 g/mol. The molecule has 1 saturated carbocycles. The fraction of sp³-hybridized carbons (Fsp3) is 0.500. The smallest absolute Gasteiger partial charge is 0.306 e. The molecule has 25 heavy (non-hydrogen) atoms. The zero-order chi connectivity index (χ0) is 17.2. The Balaban J connectivity index is 1.36. The number of benzene rings is 1. The second-order valence-corrected chi connectivity index (χ2v) is 7.15. The minimum absolute atomic E-state index is 0.139. The van der Waals surface area contributed by atoms with Gasteiger partial charge in [0.2, 0.25) is 0 Å². The highest BCUT2D eigenvalue weighted by atomic mass is 16.5. The van der Waals surface area contributed by atoms with Gasteiger partial charge in [0.25, 0.3) is 0 Å². The van der Waals surface area contributed by atoms with Crippen molar-refractivity contribution < 1.29 is 18.8 Å². The summed E-state index contributed by atoms with van der Waals surface area (Å²) in [6.45, 7) is 2.23. The van der Waals surface area contributed by atoms with Crippen molar-refractivity contribution in [3.63, 3.8) is 0 Å². The van der Waals surface area contributed by atoms with E-state index in [1.807, 2.05) is 18.2 Å². The van der Waals surface area contributed by atoms with E-state index in [-0.39, 0.29) is 18.7 Å². The fourth-order valence-corrected chi connectivity index (χ4v) is 3.75. The molecule has 5 nitrogen and oxygen atoms in total. The van der Waals surface area contributed by atoms with Crippen LogP contribution in [-0.4, -0.2) is 17.2 Å². The van der Waals surface area contributed by atoms with Crippen molar-refractivity contribution in [2.45, 2.75) is 58.2 Å². The van der Waals surface area contributed by atoms with Crippen LogP contribution in [-0.2, 0) is 22.6 Å². The van der Waals surface area contributed by atoms with Crippen LogP contribution in [0.5, 0.6) is 5.75 Å². The van der Waals surface area contributed by atoms with Crippen LogP contribution in [0.1, 0.15) is 50.3 Å². The van der Waals surface area contributed by atoms with Crippen molar-refractivity contribution in [3.05, 3.63) is 35.5 Å². The maximum atomic E-state index is 11.9. The first-order valence-corrected chi connectivity index (χ1v) is 9.08. The van der Waals surface area contributed by atoms with Gasteiger partial charge in [-0.2, -0.15) is 0 Å². The van der Waals surface area contributed by atoms with E-state index in [0.29, 0.717) is 23.8 Å². The van der Waals surface area contributed by atoms with E-state index >= 15 is 0 Å². The number of ether oxygens (including phenoxy) is 2. The first-order valence-electron chi connectivity index (χ1n) is 9.08. The van der Waals surface area contributed by atoms with Crippen LogP contribution in [0.4, 0.5) is 0 Å². The summed E-state index contributed by atoms with van der Waals surface area (Å²) in [5.41, 5.74) is 2.79. The van der Waals surface area contributed by atoms with E-state index in [9.17, 15) is 4.79 Å². The average molecular weight is 341 g/mol. The zero-order valence-corrected chi connectivity index (χ0v) is 14.5. The lowest BCUT2D eigenvalue weighted by molar-refractivity contribution is -0.146. The number of fused-ring (bicyclic) bond motifs is 1. The summed E-state index contributed by atoms with van der Waals surface area (Å²) in [4.78, 5) is 11.9. The molecule has 0 amide bonds. The van der Waals surface area contributed by atoms with Crippen LogP contribution in [0.25, 0.3) is 11.3 Å². The van der Waals surface area contributed by atoms with E-state index in [0.717, 1.165) is 30.6 Å². The topological polar surface area (TPSA) is 61.6 Å². The highest BCUT2D eigenvalue weighted by Gasteiger charge is 2.21. The van der Waals surface area contributed by atoms with Gasteiger partial charge in [-0.3, -0.25) is 4.79 Å². The van der Waals surface area contributed by atoms with Crippen molar-refractivity contribution in [1.82, 2.24) is 5.16 Å². The Labute approximate surface area is 147 Å². The third-order valence-electron chi connectivity index (χ3n) is 5.05. The monoisotopic (exact) mass is 341 g/mol. The molecule has 0 spiro atoms. The number of hydrogen-bond donors (Lipinski definition) is 0. The van der Waals surface area contributed by atoms with Crippen LogP contribution < -0.4 is 4.74 Å². The molecule has 1 unspecified atom stereocenters. The highest BCUT2D eigenvalue weighted by molar-refractivity contribution is 5.69. The minimum Gasteiger partial charge on any atom is -0.490 e. The average Bonchev–Trinajstić information content (AvgIpc) is 3.32. The maximum Gasteiger partial charge on any atom is 0.306 e. The largest absolute Gasteiger partial charge is 0.490 e. The molecule has 0 bridgehead atoms. The number of esters is 1. The predicted molar refractivity (Wildman–Crippen MR) is 92.1 cm³/mol. The molecule has 5 heteroatoms. The highest BCUT2D eigenvalue weighted by Crippen LogP contribution is 2.33. The van der Waals surface area contributed by atoms with Gasteiger partial charge in [0, 0.05) is 24.5 Å². The lowest BCUT2D eigenvalue weighted by atomic mass is 10.0. The Morgan fingerprint density at radius 1 is 1.28 bits per heavy atom. The molecule has 1 fully saturated rings. The van der Waals surface area contributed by atoms with Gasteiger partial charge in [-0.15, -0.1) is 0 Å². The molecule has 1 aromatic heterocycles. The molecule has 1 aliphatic heterocycles. The summed E-state index contributed by atoms with van der Waals surface area (Å²) in [6, 6.07) is 7.85. The molecule has 1 atom stereocenters. The minimum atomic E-state index is -0.139. The molecule has 0 saturated heterocycles. The van der Waals surface area contributed by atoms with Crippen LogP contribution in [0, 0.1) is 5.92 Å². The Morgan fingerprint density at radius 2 is 2.12 bits per heavy atom. The number of aromatic nitrogens is 1. The van der Waals surface area contributed by atoms with E-state index < -0.39 is 0 Å². The van der Waals surface area contributed by atoms with Gasteiger partial charge in [0.15, 0.2) is 5.76 Å². The number of rotatable bonds is 5. The Kier molecular flexibility index (Phi) is 4.47. The molecule has 1 aromatic carbocycles. The first-order chi connectivity index (χ1) is 12.2. The lowest BCUT2D eigenvalue weighted by Crippen LogP contribution is -2.09. The third-order valence-corrected chi connectivity index (χ3v) is 5.05. The molecule has 4 rings (SSSR count). The van der Waals surface area contributed by atoms with Gasteiger partial charge < -0.3 is 14.0 Å². The normalized spacial score (nSPS) is 19.6. The molecule has 1 aliphatic carbocycles. The Bertz CT molecular complexity index is 761. The summed E-state index contributed by atoms with van der Waals surface area (Å²) in [6.07, 6.45) is 6.39. The van der Waals surface area contributed by atoms with Gasteiger partial charge in [-0.25, -0.2) is 0 Å². The van der Waals surface area contributed by atoms with Crippen LogP contribution in [0.3, 0.4) is 0 Å². The van der Waals surface area contributed by atoms with Gasteiger partial charge in [0.05, 0.1) is 0 Å². The molecule has 132 valence electrons. The molecule has 0 radical (unpaired) electrons. The quantitative estimate of drug-likeness (QED) is 0.759. The van der Waals surface area contributed by atoms with Gasteiger partial charge >= 0.3 is 5.97 Å². The number of hydrogen-bond acceptors (Lipinski definition) is 5. The van der Waals surface area contributed by atoms with Crippen molar-refractivity contribution in [2.24, 2.45) is 5.92 Å². The second-order valence-electron chi connectivity index (χ2n) is 7.15. The first kappa shape index (κ1) is 16.2. The molecule has 2 heterocycles. The second kappa shape index (κ2) is 6.90. The number of carbonyl (C=O) groups excluding carboxylic acids is 1. The van der Waals surface area contributed by atoms with E-state index in [1.165, 1.54) is 18.4 Å². The van der Waals surface area contributed by atoms with Crippen LogP contribution in [0.2, 0.25) is 0 Å². The Morgan fingerprint density at radius 3 is 2.96 bits per heavy atom. The predicted octanol–water partition coefficient (Wildman–Crippen LogP) is 4.29. The van der Waals surface area contributed by atoms with Gasteiger partial charge in [0.1, 0.15) is 24.2 Å². The van der Waals surface area contributed by atoms with E-state index in [2.05, 4.69) is 18.1 Å². The zero-order valence-electron chi connectivity index (χ0n) is 14.5. The van der Waals surface area contributed by atoms with Gasteiger partial charge in [-0.1, -0.05) is 18.0 Å². The summed E-state index contributed by atoms with van der Waals surface area (Å²) >= 11 is 0. The Hall–Kier alpha value is -2.30. The number of nitrogens with zero attached hydrogens (tertiary/aromatic N) is 1. The number of carbonyl (C=O) groups is 1. The molecule has 2 aliphatic rings. The van der Waals surface area contributed by atoms with Gasteiger partial charge in [-0.05, 0) is 49.4 Å². The van der Waals surface area contributed by atoms with E-state index in [1.54, 1.807) is 0 Å². The van der Waals surface area contributed by atoms with Crippen LogP contribution in [0.15, 0.2) is 28.8 Å². The standard InChI is InChI=1S/C20H23NO4/c1-13-8-16-10-15(6-7-18(16)24-13)19-11-17(21-25-19)12-23-20(22)9-14-4-2-3-5-14/h6-7,10-11,13-14H,2-5,8-9,12H2,1H3.